The predicted molar refractivity (Wildman–Crippen MR) is 98.6 cm³/mol. The van der Waals surface area contributed by atoms with Crippen molar-refractivity contribution in [1.29, 1.82) is 0 Å². The molecule has 1 fully saturated rings. The van der Waals surface area contributed by atoms with Crippen molar-refractivity contribution in [3.8, 4) is 17.2 Å². The van der Waals surface area contributed by atoms with Crippen LogP contribution >= 0.6 is 23.8 Å². The number of fused-ring (bicyclic) bond motifs is 5. The number of nitrogens with one attached hydrogen (secondary N) is 1. The van der Waals surface area contributed by atoms with Crippen molar-refractivity contribution < 1.29 is 14.2 Å². The summed E-state index contributed by atoms with van der Waals surface area (Å²) in [6, 6.07) is 11.6. The van der Waals surface area contributed by atoms with Crippen LogP contribution in [0.2, 0.25) is 5.02 Å². The van der Waals surface area contributed by atoms with E-state index in [-0.39, 0.29) is 12.8 Å². The van der Waals surface area contributed by atoms with Crippen molar-refractivity contribution in [3.05, 3.63) is 47.0 Å². The lowest BCUT2D eigenvalue weighted by Crippen LogP contribution is -2.65. The summed E-state index contributed by atoms with van der Waals surface area (Å²) in [5, 5.41) is 4.72. The molecule has 7 heteroatoms. The van der Waals surface area contributed by atoms with E-state index in [0.717, 1.165) is 29.2 Å². The third kappa shape index (κ3) is 2.24. The van der Waals surface area contributed by atoms with Gasteiger partial charge < -0.3 is 19.5 Å². The van der Waals surface area contributed by atoms with Gasteiger partial charge in [0.25, 0.3) is 0 Å². The van der Waals surface area contributed by atoms with E-state index in [1.54, 1.807) is 0 Å². The van der Waals surface area contributed by atoms with Gasteiger partial charge in [-0.15, -0.1) is 0 Å². The number of anilines is 1. The van der Waals surface area contributed by atoms with Gasteiger partial charge in [0.1, 0.15) is 5.75 Å². The number of benzene rings is 2. The van der Waals surface area contributed by atoms with Crippen LogP contribution in [0.25, 0.3) is 0 Å². The number of hydrogen-bond acceptors (Lipinski definition) is 4. The molecule has 0 aromatic heterocycles. The molecular formula is C18H15ClN2O3S. The highest BCUT2D eigenvalue weighted by atomic mass is 35.5. The van der Waals surface area contributed by atoms with Gasteiger partial charge in [-0.2, -0.15) is 0 Å². The number of rotatable bonds is 1. The lowest BCUT2D eigenvalue weighted by Gasteiger charge is -2.52. The van der Waals surface area contributed by atoms with Gasteiger partial charge in [-0.05, 0) is 49.5 Å². The summed E-state index contributed by atoms with van der Waals surface area (Å²) in [4.78, 5) is 2.00. The molecule has 25 heavy (non-hydrogen) atoms. The molecule has 2 aromatic rings. The third-order valence-corrected chi connectivity index (χ3v) is 5.38. The molecule has 0 radical (unpaired) electrons. The Bertz CT molecular complexity index is 906. The molecule has 3 aliphatic heterocycles. The fraction of sp³-hybridized carbons (Fsp3) is 0.278. The van der Waals surface area contributed by atoms with Crippen molar-refractivity contribution in [2.24, 2.45) is 0 Å². The van der Waals surface area contributed by atoms with Gasteiger partial charge in [-0.25, -0.2) is 0 Å². The minimum atomic E-state index is -0.596. The Hall–Kier alpha value is -2.18. The zero-order valence-corrected chi connectivity index (χ0v) is 15.0. The maximum absolute atomic E-state index is 6.37. The van der Waals surface area contributed by atoms with Gasteiger partial charge in [0.05, 0.1) is 11.7 Å². The van der Waals surface area contributed by atoms with Gasteiger partial charge in [-0.1, -0.05) is 11.6 Å². The Morgan fingerprint density at radius 3 is 2.84 bits per heavy atom. The van der Waals surface area contributed by atoms with E-state index in [2.05, 4.69) is 12.2 Å². The highest BCUT2D eigenvalue weighted by molar-refractivity contribution is 7.80. The molecule has 2 unspecified atom stereocenters. The Morgan fingerprint density at radius 2 is 1.96 bits per heavy atom. The minimum Gasteiger partial charge on any atom is -0.467 e. The van der Waals surface area contributed by atoms with Crippen LogP contribution in [0.5, 0.6) is 17.2 Å². The molecule has 5 nitrogen and oxygen atoms in total. The summed E-state index contributed by atoms with van der Waals surface area (Å²) < 4.78 is 17.3. The van der Waals surface area contributed by atoms with Crippen LogP contribution in [0.3, 0.4) is 0 Å². The minimum absolute atomic E-state index is 0.0743. The maximum Gasteiger partial charge on any atom is 0.231 e. The van der Waals surface area contributed by atoms with Crippen LogP contribution in [-0.4, -0.2) is 17.6 Å². The molecule has 1 N–H and O–H groups in total. The molecule has 0 amide bonds. The first kappa shape index (κ1) is 15.1. The van der Waals surface area contributed by atoms with Crippen molar-refractivity contribution in [1.82, 2.24) is 5.32 Å². The van der Waals surface area contributed by atoms with E-state index < -0.39 is 5.72 Å². The molecule has 128 valence electrons. The van der Waals surface area contributed by atoms with Crippen LogP contribution in [0, 0.1) is 0 Å². The lowest BCUT2D eigenvalue weighted by atomic mass is 9.90. The topological polar surface area (TPSA) is 43.0 Å². The van der Waals surface area contributed by atoms with Crippen LogP contribution in [0.1, 0.15) is 24.9 Å². The summed E-state index contributed by atoms with van der Waals surface area (Å²) in [5.74, 6) is 2.28. The van der Waals surface area contributed by atoms with Gasteiger partial charge in [0, 0.05) is 23.1 Å². The largest absolute Gasteiger partial charge is 0.467 e. The van der Waals surface area contributed by atoms with Crippen LogP contribution in [0.15, 0.2) is 36.4 Å². The zero-order chi connectivity index (χ0) is 17.2. The van der Waals surface area contributed by atoms with E-state index in [1.165, 1.54) is 0 Å². The van der Waals surface area contributed by atoms with Gasteiger partial charge in [-0.3, -0.25) is 4.90 Å². The quantitative estimate of drug-likeness (QED) is 0.761. The second-order valence-corrected chi connectivity index (χ2v) is 7.36. The van der Waals surface area contributed by atoms with E-state index in [4.69, 9.17) is 38.0 Å². The molecule has 2 atom stereocenters. The normalized spacial score (nSPS) is 25.9. The van der Waals surface area contributed by atoms with Crippen molar-refractivity contribution in [2.45, 2.75) is 25.1 Å². The van der Waals surface area contributed by atoms with Gasteiger partial charge >= 0.3 is 0 Å². The number of halogens is 1. The standard InChI is InChI=1S/C18H15ClN2O3S/c1-18-8-13(12-6-10(19)2-4-14(12)24-18)20-17(25)21(18)11-3-5-15-16(7-11)23-9-22-15/h2-7,13H,8-9H2,1H3,(H,20,25). The average Bonchev–Trinajstić information content (AvgIpc) is 3.03. The smallest absolute Gasteiger partial charge is 0.231 e. The molecule has 2 bridgehead atoms. The first-order valence-electron chi connectivity index (χ1n) is 8.02. The van der Waals surface area contributed by atoms with E-state index in [1.807, 2.05) is 41.3 Å². The fourth-order valence-corrected chi connectivity index (χ4v) is 4.38. The summed E-state index contributed by atoms with van der Waals surface area (Å²) >= 11 is 11.8. The Labute approximate surface area is 155 Å². The Kier molecular flexibility index (Phi) is 3.12. The van der Waals surface area contributed by atoms with Crippen LogP contribution in [-0.2, 0) is 0 Å². The summed E-state index contributed by atoms with van der Waals surface area (Å²) in [6.45, 7) is 2.29. The summed E-state index contributed by atoms with van der Waals surface area (Å²) in [7, 11) is 0. The molecule has 5 rings (SSSR count). The maximum atomic E-state index is 6.37. The third-order valence-electron chi connectivity index (χ3n) is 4.85. The molecule has 0 aliphatic carbocycles. The first-order valence-corrected chi connectivity index (χ1v) is 8.81. The monoisotopic (exact) mass is 374 g/mol. The first-order chi connectivity index (χ1) is 12.0. The van der Waals surface area contributed by atoms with Gasteiger partial charge in [0.15, 0.2) is 22.3 Å². The van der Waals surface area contributed by atoms with Crippen molar-refractivity contribution in [2.75, 3.05) is 11.7 Å². The molecule has 0 spiro atoms. The zero-order valence-electron chi connectivity index (χ0n) is 13.4. The SMILES string of the molecule is CC12CC(NC(=S)N1c1ccc3c(c1)OCO3)c1cc(Cl)ccc1O2. The summed E-state index contributed by atoms with van der Waals surface area (Å²) in [5.41, 5.74) is 1.35. The fourth-order valence-electron chi connectivity index (χ4n) is 3.76. The number of nitrogens with zero attached hydrogens (tertiary/aromatic N) is 1. The van der Waals surface area contributed by atoms with Gasteiger partial charge in [0.2, 0.25) is 6.79 Å². The number of thiocarbonyl (C=S) groups is 1. The van der Waals surface area contributed by atoms with E-state index >= 15 is 0 Å². The van der Waals surface area contributed by atoms with Crippen molar-refractivity contribution >= 4 is 34.6 Å². The molecular weight excluding hydrogens is 360 g/mol. The lowest BCUT2D eigenvalue weighted by molar-refractivity contribution is 0.0497. The second kappa shape index (κ2) is 5.16. The second-order valence-electron chi connectivity index (χ2n) is 6.54. The molecule has 0 saturated carbocycles. The molecule has 3 aliphatic rings. The summed E-state index contributed by atoms with van der Waals surface area (Å²) in [6.07, 6.45) is 0.745. The van der Waals surface area contributed by atoms with E-state index in [9.17, 15) is 0 Å². The Balaban J connectivity index is 1.58. The highest BCUT2D eigenvalue weighted by Crippen LogP contribution is 2.47. The average molecular weight is 375 g/mol. The number of hydrogen-bond donors (Lipinski definition) is 1. The molecule has 1 saturated heterocycles. The molecule has 3 heterocycles. The number of ether oxygens (including phenoxy) is 3. The predicted octanol–water partition coefficient (Wildman–Crippen LogP) is 4.00. The van der Waals surface area contributed by atoms with Crippen LogP contribution < -0.4 is 24.4 Å². The highest BCUT2D eigenvalue weighted by Gasteiger charge is 2.48. The Morgan fingerprint density at radius 1 is 1.16 bits per heavy atom. The van der Waals surface area contributed by atoms with E-state index in [0.29, 0.717) is 15.9 Å². The molecule has 2 aromatic carbocycles. The van der Waals surface area contributed by atoms with Crippen LogP contribution in [0.4, 0.5) is 5.69 Å². The van der Waals surface area contributed by atoms with Crippen molar-refractivity contribution in [3.63, 3.8) is 0 Å².